The van der Waals surface area contributed by atoms with Gasteiger partial charge in [0.15, 0.2) is 0 Å². The van der Waals surface area contributed by atoms with Gasteiger partial charge in [-0.15, -0.1) is 0 Å². The van der Waals surface area contributed by atoms with Crippen molar-refractivity contribution in [3.63, 3.8) is 0 Å². The number of rotatable bonds is 3. The fraction of sp³-hybridized carbons (Fsp3) is 0.250. The van der Waals surface area contributed by atoms with Gasteiger partial charge in [0.25, 0.3) is 0 Å². The smallest absolute Gasteiger partial charge is 0.407 e. The van der Waals surface area contributed by atoms with Crippen LogP contribution in [-0.4, -0.2) is 38.4 Å². The number of carboxylic acid groups (broad SMARTS) is 1. The molecule has 4 rings (SSSR count). The van der Waals surface area contributed by atoms with E-state index in [0.29, 0.717) is 13.0 Å². The molecular formula is C20H19FN2O3. The highest BCUT2D eigenvalue weighted by Gasteiger charge is 2.33. The van der Waals surface area contributed by atoms with Gasteiger partial charge in [-0.3, -0.25) is 4.90 Å². The van der Waals surface area contributed by atoms with E-state index < -0.39 is 12.1 Å². The monoisotopic (exact) mass is 354 g/mol. The number of hydrogen-bond acceptors (Lipinski definition) is 2. The maximum atomic E-state index is 13.2. The van der Waals surface area contributed by atoms with Crippen molar-refractivity contribution in [2.24, 2.45) is 0 Å². The van der Waals surface area contributed by atoms with Crippen LogP contribution in [0.25, 0.3) is 10.9 Å². The van der Waals surface area contributed by atoms with Gasteiger partial charge in [0.2, 0.25) is 0 Å². The van der Waals surface area contributed by atoms with Crippen molar-refractivity contribution in [1.29, 1.82) is 0 Å². The average Bonchev–Trinajstić information content (AvgIpc) is 2.95. The van der Waals surface area contributed by atoms with Crippen LogP contribution in [0.1, 0.15) is 16.8 Å². The van der Waals surface area contributed by atoms with Crippen molar-refractivity contribution < 1.29 is 19.4 Å². The van der Waals surface area contributed by atoms with Crippen molar-refractivity contribution in [1.82, 2.24) is 9.47 Å². The summed E-state index contributed by atoms with van der Waals surface area (Å²) in [6, 6.07) is 13.9. The molecule has 0 radical (unpaired) electrons. The van der Waals surface area contributed by atoms with E-state index in [1.165, 1.54) is 17.0 Å². The predicted octanol–water partition coefficient (Wildman–Crippen LogP) is 3.23. The van der Waals surface area contributed by atoms with E-state index in [-0.39, 0.29) is 19.0 Å². The quantitative estimate of drug-likeness (QED) is 0.759. The molecule has 1 aliphatic heterocycles. The summed E-state index contributed by atoms with van der Waals surface area (Å²) < 4.78 is 15.3. The maximum absolute atomic E-state index is 13.2. The minimum absolute atomic E-state index is 0.205. The van der Waals surface area contributed by atoms with Gasteiger partial charge in [-0.25, -0.2) is 9.18 Å². The molecular weight excluding hydrogens is 335 g/mol. The van der Waals surface area contributed by atoms with Crippen LogP contribution in [0, 0.1) is 5.82 Å². The Morgan fingerprint density at radius 1 is 1.15 bits per heavy atom. The second-order valence-corrected chi connectivity index (χ2v) is 6.61. The first kappa shape index (κ1) is 16.6. The molecule has 2 heterocycles. The minimum Gasteiger partial charge on any atom is -0.465 e. The molecule has 6 heteroatoms. The lowest BCUT2D eigenvalue weighted by Crippen LogP contribution is -2.46. The number of fused-ring (bicyclic) bond motifs is 3. The normalized spacial score (nSPS) is 16.7. The van der Waals surface area contributed by atoms with Crippen LogP contribution in [0.3, 0.4) is 0 Å². The molecule has 5 nitrogen and oxygen atoms in total. The summed E-state index contributed by atoms with van der Waals surface area (Å²) in [7, 11) is 0. The Bertz CT molecular complexity index is 965. The fourth-order valence-corrected chi connectivity index (χ4v) is 3.81. The number of amides is 1. The Morgan fingerprint density at radius 3 is 2.58 bits per heavy atom. The van der Waals surface area contributed by atoms with Crippen molar-refractivity contribution >= 4 is 17.0 Å². The largest absolute Gasteiger partial charge is 0.465 e. The van der Waals surface area contributed by atoms with E-state index in [9.17, 15) is 19.4 Å². The lowest BCUT2D eigenvalue weighted by molar-refractivity contribution is 0.0860. The second kappa shape index (κ2) is 6.46. The molecule has 3 aromatic rings. The van der Waals surface area contributed by atoms with Gasteiger partial charge in [0, 0.05) is 23.1 Å². The van der Waals surface area contributed by atoms with E-state index in [1.807, 2.05) is 24.3 Å². The van der Waals surface area contributed by atoms with E-state index in [0.717, 1.165) is 27.7 Å². The topological polar surface area (TPSA) is 65.7 Å². The number of aromatic nitrogens is 1. The van der Waals surface area contributed by atoms with Crippen LogP contribution in [-0.2, 0) is 19.5 Å². The van der Waals surface area contributed by atoms with Crippen molar-refractivity contribution in [2.75, 3.05) is 6.61 Å². The van der Waals surface area contributed by atoms with E-state index in [1.54, 1.807) is 12.1 Å². The molecule has 2 aromatic carbocycles. The first-order valence-electron chi connectivity index (χ1n) is 8.52. The van der Waals surface area contributed by atoms with Crippen LogP contribution in [0.4, 0.5) is 9.18 Å². The fourth-order valence-electron chi connectivity index (χ4n) is 3.81. The highest BCUT2D eigenvalue weighted by molar-refractivity contribution is 5.86. The zero-order valence-electron chi connectivity index (χ0n) is 14.1. The molecule has 1 aromatic heterocycles. The zero-order valence-corrected chi connectivity index (χ0v) is 14.1. The van der Waals surface area contributed by atoms with Crippen LogP contribution in [0.2, 0.25) is 0 Å². The zero-order chi connectivity index (χ0) is 18.3. The van der Waals surface area contributed by atoms with Crippen LogP contribution >= 0.6 is 0 Å². The summed E-state index contributed by atoms with van der Waals surface area (Å²) >= 11 is 0. The average molecular weight is 354 g/mol. The molecule has 0 bridgehead atoms. The highest BCUT2D eigenvalue weighted by atomic mass is 19.1. The van der Waals surface area contributed by atoms with Crippen molar-refractivity contribution in [3.8, 4) is 0 Å². The van der Waals surface area contributed by atoms with Gasteiger partial charge in [-0.05, 0) is 35.7 Å². The Hall–Kier alpha value is -2.86. The molecule has 2 N–H and O–H groups in total. The summed E-state index contributed by atoms with van der Waals surface area (Å²) in [5.74, 6) is -0.281. The number of halogens is 1. The summed E-state index contributed by atoms with van der Waals surface area (Å²) in [4.78, 5) is 12.9. The van der Waals surface area contributed by atoms with Crippen molar-refractivity contribution in [3.05, 3.63) is 71.2 Å². The highest BCUT2D eigenvalue weighted by Crippen LogP contribution is 2.33. The molecule has 1 atom stereocenters. The number of carbonyl (C=O) groups is 1. The van der Waals surface area contributed by atoms with Gasteiger partial charge in [0.1, 0.15) is 5.82 Å². The number of benzene rings is 2. The summed E-state index contributed by atoms with van der Waals surface area (Å²) in [6.45, 7) is 0.558. The summed E-state index contributed by atoms with van der Waals surface area (Å²) in [5.41, 5.74) is 3.98. The maximum Gasteiger partial charge on any atom is 0.407 e. The van der Waals surface area contributed by atoms with Crippen molar-refractivity contribution in [2.45, 2.75) is 25.6 Å². The molecule has 1 unspecified atom stereocenters. The number of nitrogens with zero attached hydrogens (tertiary/aromatic N) is 2. The third kappa shape index (κ3) is 2.72. The Morgan fingerprint density at radius 2 is 1.88 bits per heavy atom. The van der Waals surface area contributed by atoms with Gasteiger partial charge >= 0.3 is 6.09 Å². The molecule has 134 valence electrons. The number of aliphatic hydroxyl groups is 1. The Labute approximate surface area is 149 Å². The standard InChI is InChI=1S/C20H19FN2O3/c21-14-7-5-13(6-8-14)10-23-18-4-2-1-3-16(18)17-9-15(12-24)22(20(25)26)11-19(17)23/h1-8,15,24H,9-12H2,(H,25,26). The van der Waals surface area contributed by atoms with Crippen LogP contribution < -0.4 is 0 Å². The lowest BCUT2D eigenvalue weighted by atomic mass is 9.97. The predicted molar refractivity (Wildman–Crippen MR) is 95.6 cm³/mol. The first-order valence-corrected chi connectivity index (χ1v) is 8.52. The van der Waals surface area contributed by atoms with Crippen LogP contribution in [0.15, 0.2) is 48.5 Å². The van der Waals surface area contributed by atoms with E-state index >= 15 is 0 Å². The second-order valence-electron chi connectivity index (χ2n) is 6.61. The molecule has 1 amide bonds. The van der Waals surface area contributed by atoms with Gasteiger partial charge in [-0.1, -0.05) is 30.3 Å². The molecule has 0 saturated carbocycles. The summed E-state index contributed by atoms with van der Waals surface area (Å²) in [6.07, 6.45) is -0.553. The number of para-hydroxylation sites is 1. The number of hydrogen-bond donors (Lipinski definition) is 2. The molecule has 0 fully saturated rings. The van der Waals surface area contributed by atoms with Gasteiger partial charge in [-0.2, -0.15) is 0 Å². The Kier molecular flexibility index (Phi) is 4.12. The number of aliphatic hydroxyl groups excluding tert-OH is 1. The molecule has 0 spiro atoms. The molecule has 0 saturated heterocycles. The van der Waals surface area contributed by atoms with E-state index in [4.69, 9.17) is 0 Å². The molecule has 1 aliphatic rings. The first-order chi connectivity index (χ1) is 12.6. The third-order valence-corrected chi connectivity index (χ3v) is 5.11. The summed E-state index contributed by atoms with van der Waals surface area (Å²) in [5, 5.41) is 20.2. The minimum atomic E-state index is -1.03. The van der Waals surface area contributed by atoms with Gasteiger partial charge in [0.05, 0.1) is 19.2 Å². The lowest BCUT2D eigenvalue weighted by Gasteiger charge is -2.33. The van der Waals surface area contributed by atoms with Gasteiger partial charge < -0.3 is 14.8 Å². The van der Waals surface area contributed by atoms with E-state index in [2.05, 4.69) is 4.57 Å². The van der Waals surface area contributed by atoms with Crippen LogP contribution in [0.5, 0.6) is 0 Å². The molecule has 0 aliphatic carbocycles. The third-order valence-electron chi connectivity index (χ3n) is 5.11. The molecule has 26 heavy (non-hydrogen) atoms. The Balaban J connectivity index is 1.84. The SMILES string of the molecule is O=C(O)N1Cc2c(c3ccccc3n2Cc2ccc(F)cc2)CC1CO.